The molecule has 1 aromatic rings. The third-order valence-electron chi connectivity index (χ3n) is 2.62. The van der Waals surface area contributed by atoms with Gasteiger partial charge >= 0.3 is 0 Å². The third kappa shape index (κ3) is 2.68. The van der Waals surface area contributed by atoms with Crippen molar-refractivity contribution in [2.45, 2.75) is 19.9 Å². The van der Waals surface area contributed by atoms with Crippen molar-refractivity contribution in [1.82, 2.24) is 0 Å². The molecule has 1 N–H and O–H groups in total. The molecule has 0 fully saturated rings. The SMILES string of the molecule is Cc1ccc(C)c(NC(=O)C2C=CC(=O)N=N2)c1. The van der Waals surface area contributed by atoms with Crippen molar-refractivity contribution in [3.8, 4) is 0 Å². The fourth-order valence-corrected chi connectivity index (χ4v) is 1.58. The lowest BCUT2D eigenvalue weighted by molar-refractivity contribution is -0.117. The number of aryl methyl sites for hydroxylation is 2. The first-order chi connectivity index (χ1) is 8.56. The summed E-state index contributed by atoms with van der Waals surface area (Å²) in [6, 6.07) is 5.07. The summed E-state index contributed by atoms with van der Waals surface area (Å²) in [4.78, 5) is 22.7. The van der Waals surface area contributed by atoms with Crippen molar-refractivity contribution in [3.05, 3.63) is 41.5 Å². The molecule has 5 heteroatoms. The summed E-state index contributed by atoms with van der Waals surface area (Å²) < 4.78 is 0. The Morgan fingerprint density at radius 1 is 1.33 bits per heavy atom. The predicted molar refractivity (Wildman–Crippen MR) is 67.3 cm³/mol. The van der Waals surface area contributed by atoms with Crippen molar-refractivity contribution in [3.63, 3.8) is 0 Å². The highest BCUT2D eigenvalue weighted by atomic mass is 16.2. The number of carbonyl (C=O) groups excluding carboxylic acids is 2. The van der Waals surface area contributed by atoms with Crippen LogP contribution in [0.3, 0.4) is 0 Å². The number of anilines is 1. The summed E-state index contributed by atoms with van der Waals surface area (Å²) in [5.74, 6) is -0.734. The lowest BCUT2D eigenvalue weighted by Gasteiger charge is -2.12. The first-order valence-corrected chi connectivity index (χ1v) is 5.57. The Balaban J connectivity index is 2.12. The summed E-state index contributed by atoms with van der Waals surface area (Å²) in [7, 11) is 0. The van der Waals surface area contributed by atoms with Crippen LogP contribution < -0.4 is 5.32 Å². The van der Waals surface area contributed by atoms with Gasteiger partial charge in [0.2, 0.25) is 0 Å². The van der Waals surface area contributed by atoms with Crippen molar-refractivity contribution in [2.24, 2.45) is 10.2 Å². The van der Waals surface area contributed by atoms with E-state index in [9.17, 15) is 9.59 Å². The van der Waals surface area contributed by atoms with Crippen molar-refractivity contribution in [1.29, 1.82) is 0 Å². The average Bonchev–Trinajstić information content (AvgIpc) is 2.34. The normalized spacial score (nSPS) is 17.9. The van der Waals surface area contributed by atoms with Gasteiger partial charge in [-0.05, 0) is 37.1 Å². The second kappa shape index (κ2) is 4.91. The minimum atomic E-state index is -0.734. The number of benzene rings is 1. The molecule has 1 aliphatic heterocycles. The molecule has 1 heterocycles. The summed E-state index contributed by atoms with van der Waals surface area (Å²) in [6.45, 7) is 3.87. The topological polar surface area (TPSA) is 70.9 Å². The molecule has 1 aliphatic rings. The quantitative estimate of drug-likeness (QED) is 0.864. The molecule has 92 valence electrons. The summed E-state index contributed by atoms with van der Waals surface area (Å²) in [5.41, 5.74) is 2.79. The Morgan fingerprint density at radius 3 is 2.78 bits per heavy atom. The van der Waals surface area contributed by atoms with Crippen LogP contribution in [-0.2, 0) is 9.59 Å². The second-order valence-corrected chi connectivity index (χ2v) is 4.17. The first-order valence-electron chi connectivity index (χ1n) is 5.57. The molecular formula is C13H13N3O2. The molecule has 2 rings (SSSR count). The van der Waals surface area contributed by atoms with E-state index >= 15 is 0 Å². The first kappa shape index (κ1) is 12.2. The van der Waals surface area contributed by atoms with Gasteiger partial charge in [-0.25, -0.2) is 0 Å². The maximum atomic E-state index is 11.9. The zero-order valence-corrected chi connectivity index (χ0v) is 10.2. The third-order valence-corrected chi connectivity index (χ3v) is 2.62. The molecule has 1 unspecified atom stereocenters. The van der Waals surface area contributed by atoms with E-state index in [2.05, 4.69) is 15.5 Å². The maximum absolute atomic E-state index is 11.9. The zero-order valence-electron chi connectivity index (χ0n) is 10.2. The largest absolute Gasteiger partial charge is 0.324 e. The summed E-state index contributed by atoms with van der Waals surface area (Å²) in [6.07, 6.45) is 2.69. The molecule has 0 saturated carbocycles. The maximum Gasteiger partial charge on any atom is 0.287 e. The Hall–Kier alpha value is -2.30. The van der Waals surface area contributed by atoms with Gasteiger partial charge in [0, 0.05) is 11.8 Å². The van der Waals surface area contributed by atoms with E-state index in [4.69, 9.17) is 0 Å². The van der Waals surface area contributed by atoms with Gasteiger partial charge in [-0.2, -0.15) is 5.11 Å². The van der Waals surface area contributed by atoms with Crippen LogP contribution in [0.5, 0.6) is 0 Å². The molecule has 0 aromatic heterocycles. The number of azo groups is 1. The highest BCUT2D eigenvalue weighted by Gasteiger charge is 2.18. The van der Waals surface area contributed by atoms with Crippen molar-refractivity contribution >= 4 is 17.5 Å². The van der Waals surface area contributed by atoms with Gasteiger partial charge in [0.15, 0.2) is 6.04 Å². The van der Waals surface area contributed by atoms with Crippen LogP contribution in [-0.4, -0.2) is 17.9 Å². The molecule has 18 heavy (non-hydrogen) atoms. The molecule has 2 amide bonds. The Kier molecular flexibility index (Phi) is 3.32. The van der Waals surface area contributed by atoms with Gasteiger partial charge < -0.3 is 5.32 Å². The van der Waals surface area contributed by atoms with Crippen LogP contribution in [0.25, 0.3) is 0 Å². The molecular weight excluding hydrogens is 230 g/mol. The zero-order chi connectivity index (χ0) is 13.1. The number of hydrogen-bond donors (Lipinski definition) is 1. The van der Waals surface area contributed by atoms with E-state index in [0.29, 0.717) is 0 Å². The van der Waals surface area contributed by atoms with Gasteiger partial charge in [0.25, 0.3) is 11.8 Å². The molecule has 5 nitrogen and oxygen atoms in total. The molecule has 0 spiro atoms. The minimum Gasteiger partial charge on any atom is -0.324 e. The van der Waals surface area contributed by atoms with Gasteiger partial charge in [-0.1, -0.05) is 12.1 Å². The van der Waals surface area contributed by atoms with Crippen LogP contribution >= 0.6 is 0 Å². The van der Waals surface area contributed by atoms with Crippen LogP contribution in [0.2, 0.25) is 0 Å². The fraction of sp³-hybridized carbons (Fsp3) is 0.231. The van der Waals surface area contributed by atoms with E-state index in [-0.39, 0.29) is 5.91 Å². The van der Waals surface area contributed by atoms with Gasteiger partial charge in [0.1, 0.15) is 0 Å². The second-order valence-electron chi connectivity index (χ2n) is 4.17. The lowest BCUT2D eigenvalue weighted by Crippen LogP contribution is -2.26. The van der Waals surface area contributed by atoms with E-state index in [1.54, 1.807) is 0 Å². The fourth-order valence-electron chi connectivity index (χ4n) is 1.58. The van der Waals surface area contributed by atoms with Crippen molar-refractivity contribution in [2.75, 3.05) is 5.32 Å². The minimum absolute atomic E-state index is 0.295. The molecule has 0 bridgehead atoms. The van der Waals surface area contributed by atoms with Crippen molar-refractivity contribution < 1.29 is 9.59 Å². The molecule has 1 aromatic carbocycles. The molecule has 1 atom stereocenters. The van der Waals surface area contributed by atoms with Gasteiger partial charge in [-0.3, -0.25) is 9.59 Å². The Labute approximate surface area is 105 Å². The van der Waals surface area contributed by atoms with Crippen LogP contribution in [0.15, 0.2) is 40.6 Å². The average molecular weight is 243 g/mol. The highest BCUT2D eigenvalue weighted by Crippen LogP contribution is 2.17. The Morgan fingerprint density at radius 2 is 2.11 bits per heavy atom. The molecule has 0 aliphatic carbocycles. The number of hydrogen-bond acceptors (Lipinski definition) is 3. The van der Waals surface area contributed by atoms with Gasteiger partial charge in [0.05, 0.1) is 0 Å². The van der Waals surface area contributed by atoms with Crippen LogP contribution in [0.4, 0.5) is 5.69 Å². The van der Waals surface area contributed by atoms with E-state index in [0.717, 1.165) is 16.8 Å². The summed E-state index contributed by atoms with van der Waals surface area (Å²) in [5, 5.41) is 9.77. The number of nitrogens with one attached hydrogen (secondary N) is 1. The Bertz CT molecular complexity index is 545. The smallest absolute Gasteiger partial charge is 0.287 e. The number of rotatable bonds is 2. The number of amides is 2. The summed E-state index contributed by atoms with van der Waals surface area (Å²) >= 11 is 0. The number of carbonyl (C=O) groups is 2. The molecule has 0 saturated heterocycles. The van der Waals surface area contributed by atoms with Crippen LogP contribution in [0.1, 0.15) is 11.1 Å². The molecule has 0 radical (unpaired) electrons. The van der Waals surface area contributed by atoms with Crippen LogP contribution in [0, 0.1) is 13.8 Å². The van der Waals surface area contributed by atoms with E-state index in [1.807, 2.05) is 32.0 Å². The monoisotopic (exact) mass is 243 g/mol. The predicted octanol–water partition coefficient (Wildman–Crippen LogP) is 2.16. The van der Waals surface area contributed by atoms with Gasteiger partial charge in [-0.15, -0.1) is 5.11 Å². The standard InChI is InChI=1S/C13H13N3O2/c1-8-3-4-9(2)11(7-8)14-13(18)10-5-6-12(17)16-15-10/h3-7,10H,1-2H3,(H,14,18). The number of nitrogens with zero attached hydrogens (tertiary/aromatic N) is 2. The highest BCUT2D eigenvalue weighted by molar-refractivity contribution is 5.99. The van der Waals surface area contributed by atoms with E-state index < -0.39 is 11.9 Å². The van der Waals surface area contributed by atoms with E-state index in [1.165, 1.54) is 12.2 Å². The lowest BCUT2D eigenvalue weighted by atomic mass is 10.1.